The van der Waals surface area contributed by atoms with Gasteiger partial charge in [-0.05, 0) is 48.5 Å². The zero-order valence-electron chi connectivity index (χ0n) is 23.7. The highest BCUT2D eigenvalue weighted by atomic mass is 15.0. The van der Waals surface area contributed by atoms with Gasteiger partial charge in [0.25, 0.3) is 0 Å². The van der Waals surface area contributed by atoms with E-state index in [1.807, 2.05) is 0 Å². The van der Waals surface area contributed by atoms with Gasteiger partial charge in [-0.2, -0.15) is 0 Å². The molecular formula is C39H25N5. The number of hydrogen-bond acceptors (Lipinski definition) is 3. The standard InChI is InChI=1S/C39H25N5/c1-5-19-34-30(15-1)31-16-2-6-20-35(31)43(34)28-13-9-11-26(23-28)38-40-25-41-39(42-38)27-12-10-14-29(24-27)44-36-21-7-3-17-32(36)33-18-4-8-22-37(33)44/h1-25H. The summed E-state index contributed by atoms with van der Waals surface area (Å²) in [5, 5.41) is 4.94. The molecule has 0 unspecified atom stereocenters. The van der Waals surface area contributed by atoms with Crippen molar-refractivity contribution in [3.05, 3.63) is 152 Å². The number of rotatable bonds is 4. The summed E-state index contributed by atoms with van der Waals surface area (Å²) in [6.07, 6.45) is 1.61. The van der Waals surface area contributed by atoms with Crippen molar-refractivity contribution in [2.75, 3.05) is 0 Å². The highest BCUT2D eigenvalue weighted by molar-refractivity contribution is 6.10. The minimum Gasteiger partial charge on any atom is -0.309 e. The van der Waals surface area contributed by atoms with Gasteiger partial charge >= 0.3 is 0 Å². The van der Waals surface area contributed by atoms with Crippen LogP contribution in [-0.2, 0) is 0 Å². The Labute approximate surface area is 253 Å². The van der Waals surface area contributed by atoms with Crippen molar-refractivity contribution in [1.29, 1.82) is 0 Å². The summed E-state index contributed by atoms with van der Waals surface area (Å²) in [6.45, 7) is 0. The largest absolute Gasteiger partial charge is 0.309 e. The molecule has 9 aromatic rings. The number of benzene rings is 6. The van der Waals surface area contributed by atoms with Gasteiger partial charge in [0.1, 0.15) is 6.33 Å². The van der Waals surface area contributed by atoms with Crippen molar-refractivity contribution < 1.29 is 0 Å². The monoisotopic (exact) mass is 563 g/mol. The Morgan fingerprint density at radius 2 is 0.727 bits per heavy atom. The van der Waals surface area contributed by atoms with E-state index in [9.17, 15) is 0 Å². The van der Waals surface area contributed by atoms with E-state index in [1.165, 1.54) is 43.6 Å². The molecule has 0 amide bonds. The molecule has 0 N–H and O–H groups in total. The van der Waals surface area contributed by atoms with E-state index in [-0.39, 0.29) is 0 Å². The lowest BCUT2D eigenvalue weighted by Gasteiger charge is -2.11. The normalized spacial score (nSPS) is 11.6. The summed E-state index contributed by atoms with van der Waals surface area (Å²) < 4.78 is 4.62. The minimum atomic E-state index is 0.639. The Kier molecular flexibility index (Phi) is 5.43. The first-order valence-corrected chi connectivity index (χ1v) is 14.7. The molecule has 3 heterocycles. The molecule has 0 aliphatic heterocycles. The van der Waals surface area contributed by atoms with E-state index in [2.05, 4.69) is 165 Å². The molecule has 5 nitrogen and oxygen atoms in total. The van der Waals surface area contributed by atoms with Crippen LogP contribution in [0.3, 0.4) is 0 Å². The van der Waals surface area contributed by atoms with Gasteiger partial charge in [0, 0.05) is 44.0 Å². The summed E-state index contributed by atoms with van der Waals surface area (Å²) >= 11 is 0. The smallest absolute Gasteiger partial charge is 0.163 e. The molecule has 0 saturated heterocycles. The summed E-state index contributed by atoms with van der Waals surface area (Å²) in [5.41, 5.74) is 8.69. The average molecular weight is 564 g/mol. The molecule has 0 radical (unpaired) electrons. The van der Waals surface area contributed by atoms with E-state index in [1.54, 1.807) is 6.33 Å². The quantitative estimate of drug-likeness (QED) is 0.214. The third-order valence-corrected chi connectivity index (χ3v) is 8.46. The highest BCUT2D eigenvalue weighted by Gasteiger charge is 2.15. The van der Waals surface area contributed by atoms with Gasteiger partial charge in [0.15, 0.2) is 11.6 Å². The lowest BCUT2D eigenvalue weighted by Crippen LogP contribution is -1.99. The Morgan fingerprint density at radius 1 is 0.364 bits per heavy atom. The third kappa shape index (κ3) is 3.76. The molecule has 3 aromatic heterocycles. The number of para-hydroxylation sites is 4. The molecule has 0 aliphatic carbocycles. The fourth-order valence-corrected chi connectivity index (χ4v) is 6.54. The van der Waals surface area contributed by atoms with Crippen molar-refractivity contribution in [2.24, 2.45) is 0 Å². The first-order valence-electron chi connectivity index (χ1n) is 14.7. The van der Waals surface area contributed by atoms with Crippen LogP contribution in [0.5, 0.6) is 0 Å². The highest BCUT2D eigenvalue weighted by Crippen LogP contribution is 2.34. The topological polar surface area (TPSA) is 48.5 Å². The molecule has 0 atom stereocenters. The van der Waals surface area contributed by atoms with Crippen LogP contribution < -0.4 is 0 Å². The van der Waals surface area contributed by atoms with Gasteiger partial charge < -0.3 is 9.13 Å². The number of nitrogens with zero attached hydrogens (tertiary/aromatic N) is 5. The number of fused-ring (bicyclic) bond motifs is 6. The molecular weight excluding hydrogens is 538 g/mol. The SMILES string of the molecule is c1cc(-c2ncnc(-c3cccc(-n4c5ccccc5c5ccccc54)c3)n2)cc(-n2c3ccccc3c3ccccc32)c1. The van der Waals surface area contributed by atoms with Crippen LogP contribution in [0.25, 0.3) is 77.8 Å². The Bertz CT molecular complexity index is 2240. The maximum Gasteiger partial charge on any atom is 0.163 e. The van der Waals surface area contributed by atoms with Crippen LogP contribution in [-0.4, -0.2) is 24.1 Å². The predicted molar refractivity (Wildman–Crippen MR) is 179 cm³/mol. The fourth-order valence-electron chi connectivity index (χ4n) is 6.54. The summed E-state index contributed by atoms with van der Waals surface area (Å²) in [4.78, 5) is 14.2. The molecule has 0 spiro atoms. The van der Waals surface area contributed by atoms with E-state index in [0.29, 0.717) is 11.6 Å². The van der Waals surface area contributed by atoms with Crippen LogP contribution in [0.4, 0.5) is 0 Å². The van der Waals surface area contributed by atoms with E-state index < -0.39 is 0 Å². The third-order valence-electron chi connectivity index (χ3n) is 8.46. The van der Waals surface area contributed by atoms with Gasteiger partial charge in [-0.25, -0.2) is 15.0 Å². The van der Waals surface area contributed by atoms with Crippen LogP contribution in [0, 0.1) is 0 Å². The van der Waals surface area contributed by atoms with Crippen molar-refractivity contribution in [1.82, 2.24) is 24.1 Å². The van der Waals surface area contributed by atoms with Crippen molar-refractivity contribution in [2.45, 2.75) is 0 Å². The predicted octanol–water partition coefficient (Wildman–Crippen LogP) is 9.40. The van der Waals surface area contributed by atoms with Crippen molar-refractivity contribution in [3.8, 4) is 34.2 Å². The summed E-state index contributed by atoms with van der Waals surface area (Å²) in [5.74, 6) is 1.28. The fraction of sp³-hybridized carbons (Fsp3) is 0. The zero-order chi connectivity index (χ0) is 29.0. The number of aromatic nitrogens is 5. The maximum atomic E-state index is 4.97. The molecule has 6 aromatic carbocycles. The lowest BCUT2D eigenvalue weighted by molar-refractivity contribution is 1.06. The van der Waals surface area contributed by atoms with E-state index in [0.717, 1.165) is 22.5 Å². The van der Waals surface area contributed by atoms with Gasteiger partial charge in [0.2, 0.25) is 0 Å². The first kappa shape index (κ1) is 24.5. The minimum absolute atomic E-state index is 0.639. The Morgan fingerprint density at radius 3 is 1.11 bits per heavy atom. The lowest BCUT2D eigenvalue weighted by atomic mass is 10.1. The molecule has 5 heteroatoms. The Balaban J connectivity index is 1.15. The van der Waals surface area contributed by atoms with Crippen LogP contribution in [0.15, 0.2) is 152 Å². The molecule has 206 valence electrons. The molecule has 0 aliphatic rings. The second kappa shape index (κ2) is 9.75. The average Bonchev–Trinajstić information content (AvgIpc) is 3.62. The van der Waals surface area contributed by atoms with Gasteiger partial charge in [-0.1, -0.05) is 97.1 Å². The zero-order valence-corrected chi connectivity index (χ0v) is 23.7. The Hall–Kier alpha value is -6.07. The number of hydrogen-bond donors (Lipinski definition) is 0. The van der Waals surface area contributed by atoms with E-state index in [4.69, 9.17) is 4.98 Å². The molecule has 0 fully saturated rings. The second-order valence-electron chi connectivity index (χ2n) is 11.0. The molecule has 44 heavy (non-hydrogen) atoms. The van der Waals surface area contributed by atoms with Crippen molar-refractivity contribution >= 4 is 43.6 Å². The van der Waals surface area contributed by atoms with Gasteiger partial charge in [-0.3, -0.25) is 0 Å². The molecule has 0 bridgehead atoms. The van der Waals surface area contributed by atoms with Crippen LogP contribution >= 0.6 is 0 Å². The molecule has 0 saturated carbocycles. The van der Waals surface area contributed by atoms with Crippen LogP contribution in [0.2, 0.25) is 0 Å². The second-order valence-corrected chi connectivity index (χ2v) is 11.0. The molecule has 9 rings (SSSR count). The van der Waals surface area contributed by atoms with Gasteiger partial charge in [0.05, 0.1) is 22.1 Å². The first-order chi connectivity index (χ1) is 21.8. The summed E-state index contributed by atoms with van der Waals surface area (Å²) in [6, 6.07) is 51.0. The maximum absolute atomic E-state index is 4.97. The van der Waals surface area contributed by atoms with Gasteiger partial charge in [-0.15, -0.1) is 0 Å². The summed E-state index contributed by atoms with van der Waals surface area (Å²) in [7, 11) is 0. The van der Waals surface area contributed by atoms with Crippen molar-refractivity contribution in [3.63, 3.8) is 0 Å². The van der Waals surface area contributed by atoms with Crippen LogP contribution in [0.1, 0.15) is 0 Å². The van der Waals surface area contributed by atoms with E-state index >= 15 is 0 Å².